The minimum Gasteiger partial charge on any atom is -0.491 e. The Morgan fingerprint density at radius 1 is 1.42 bits per heavy atom. The lowest BCUT2D eigenvalue weighted by molar-refractivity contribution is -0.118. The Hall–Kier alpha value is -1.75. The van der Waals surface area contributed by atoms with Crippen LogP contribution < -0.4 is 15.8 Å². The SMILES string of the molecule is COC1CC(Nc2ccccc2OCCC(N)=O)C1. The number of anilines is 1. The number of nitrogens with one attached hydrogen (secondary N) is 1. The Balaban J connectivity index is 1.87. The third kappa shape index (κ3) is 3.86. The normalized spacial score (nSPS) is 21.5. The molecule has 5 heteroatoms. The summed E-state index contributed by atoms with van der Waals surface area (Å²) < 4.78 is 10.8. The molecular weight excluding hydrogens is 244 g/mol. The summed E-state index contributed by atoms with van der Waals surface area (Å²) in [5, 5.41) is 3.43. The number of amides is 1. The molecule has 1 aliphatic rings. The molecule has 3 N–H and O–H groups in total. The van der Waals surface area contributed by atoms with E-state index in [1.54, 1.807) is 7.11 Å². The fourth-order valence-corrected chi connectivity index (χ4v) is 2.07. The van der Waals surface area contributed by atoms with E-state index in [1.165, 1.54) is 0 Å². The van der Waals surface area contributed by atoms with Crippen LogP contribution in [-0.2, 0) is 9.53 Å². The minimum absolute atomic E-state index is 0.226. The Morgan fingerprint density at radius 3 is 2.84 bits per heavy atom. The van der Waals surface area contributed by atoms with Crippen molar-refractivity contribution in [1.82, 2.24) is 0 Å². The number of hydrogen-bond donors (Lipinski definition) is 2. The molecule has 0 unspecified atom stereocenters. The number of rotatable bonds is 7. The van der Waals surface area contributed by atoms with E-state index >= 15 is 0 Å². The lowest BCUT2D eigenvalue weighted by Gasteiger charge is -2.35. The summed E-state index contributed by atoms with van der Waals surface area (Å²) in [5.74, 6) is 0.400. The van der Waals surface area contributed by atoms with Gasteiger partial charge < -0.3 is 20.5 Å². The van der Waals surface area contributed by atoms with Crippen molar-refractivity contribution in [2.75, 3.05) is 19.0 Å². The molecule has 0 bridgehead atoms. The van der Waals surface area contributed by atoms with E-state index in [4.69, 9.17) is 15.2 Å². The fraction of sp³-hybridized carbons (Fsp3) is 0.500. The van der Waals surface area contributed by atoms with Crippen molar-refractivity contribution >= 4 is 11.6 Å². The first kappa shape index (κ1) is 13.7. The summed E-state index contributed by atoms with van der Waals surface area (Å²) in [5.41, 5.74) is 6.04. The molecule has 0 radical (unpaired) electrons. The number of hydrogen-bond acceptors (Lipinski definition) is 4. The molecule has 0 aliphatic heterocycles. The summed E-state index contributed by atoms with van der Waals surface area (Å²) in [7, 11) is 1.74. The van der Waals surface area contributed by atoms with Crippen LogP contribution in [-0.4, -0.2) is 31.8 Å². The third-order valence-electron chi connectivity index (χ3n) is 3.28. The van der Waals surface area contributed by atoms with Crippen LogP contribution in [0.2, 0.25) is 0 Å². The molecule has 1 saturated carbocycles. The second kappa shape index (κ2) is 6.43. The minimum atomic E-state index is -0.354. The maximum atomic E-state index is 10.7. The van der Waals surface area contributed by atoms with Crippen molar-refractivity contribution in [2.45, 2.75) is 31.4 Å². The molecule has 104 valence electrons. The molecule has 1 aliphatic carbocycles. The van der Waals surface area contributed by atoms with Crippen molar-refractivity contribution in [2.24, 2.45) is 5.73 Å². The molecule has 1 amide bonds. The highest BCUT2D eigenvalue weighted by molar-refractivity contribution is 5.73. The van der Waals surface area contributed by atoms with Gasteiger partial charge in [0, 0.05) is 13.2 Å². The number of primary amides is 1. The molecule has 0 heterocycles. The molecule has 1 aromatic carbocycles. The average Bonchev–Trinajstić information content (AvgIpc) is 2.34. The van der Waals surface area contributed by atoms with Gasteiger partial charge in [-0.15, -0.1) is 0 Å². The third-order valence-corrected chi connectivity index (χ3v) is 3.28. The Kier molecular flexibility index (Phi) is 4.63. The maximum Gasteiger partial charge on any atom is 0.220 e. The number of ether oxygens (including phenoxy) is 2. The molecule has 19 heavy (non-hydrogen) atoms. The van der Waals surface area contributed by atoms with E-state index < -0.39 is 0 Å². The number of carbonyl (C=O) groups is 1. The van der Waals surface area contributed by atoms with Crippen LogP contribution in [0, 0.1) is 0 Å². The first-order chi connectivity index (χ1) is 9.19. The zero-order valence-electron chi connectivity index (χ0n) is 11.1. The van der Waals surface area contributed by atoms with Gasteiger partial charge in [-0.1, -0.05) is 12.1 Å². The standard InChI is InChI=1S/C14H20N2O3/c1-18-11-8-10(9-11)16-12-4-2-3-5-13(12)19-7-6-14(15)17/h2-5,10-11,16H,6-9H2,1H3,(H2,15,17). The summed E-state index contributed by atoms with van der Waals surface area (Å²) in [6.07, 6.45) is 2.60. The number of nitrogens with two attached hydrogens (primary N) is 1. The second-order valence-electron chi connectivity index (χ2n) is 4.73. The van der Waals surface area contributed by atoms with E-state index in [-0.39, 0.29) is 12.3 Å². The average molecular weight is 264 g/mol. The molecule has 1 fully saturated rings. The number of para-hydroxylation sites is 2. The van der Waals surface area contributed by atoms with Gasteiger partial charge in [-0.2, -0.15) is 0 Å². The highest BCUT2D eigenvalue weighted by Gasteiger charge is 2.29. The van der Waals surface area contributed by atoms with E-state index in [1.807, 2.05) is 24.3 Å². The quantitative estimate of drug-likeness (QED) is 0.783. The van der Waals surface area contributed by atoms with E-state index in [0.717, 1.165) is 24.3 Å². The van der Waals surface area contributed by atoms with Crippen LogP contribution in [0.3, 0.4) is 0 Å². The van der Waals surface area contributed by atoms with E-state index in [0.29, 0.717) is 18.8 Å². The lowest BCUT2D eigenvalue weighted by atomic mass is 9.89. The zero-order valence-corrected chi connectivity index (χ0v) is 11.1. The maximum absolute atomic E-state index is 10.7. The molecule has 5 nitrogen and oxygen atoms in total. The molecule has 1 aromatic rings. The van der Waals surface area contributed by atoms with Crippen LogP contribution in [0.1, 0.15) is 19.3 Å². The first-order valence-electron chi connectivity index (χ1n) is 6.48. The predicted molar refractivity (Wildman–Crippen MR) is 73.2 cm³/mol. The van der Waals surface area contributed by atoms with Gasteiger partial charge in [-0.25, -0.2) is 0 Å². The van der Waals surface area contributed by atoms with Gasteiger partial charge in [0.25, 0.3) is 0 Å². The first-order valence-corrected chi connectivity index (χ1v) is 6.48. The highest BCUT2D eigenvalue weighted by Crippen LogP contribution is 2.30. The molecular formula is C14H20N2O3. The van der Waals surface area contributed by atoms with Gasteiger partial charge in [-0.05, 0) is 25.0 Å². The van der Waals surface area contributed by atoms with Gasteiger partial charge in [0.1, 0.15) is 5.75 Å². The van der Waals surface area contributed by atoms with Gasteiger partial charge in [0.2, 0.25) is 5.91 Å². The number of methoxy groups -OCH3 is 1. The van der Waals surface area contributed by atoms with Crippen molar-refractivity contribution in [3.63, 3.8) is 0 Å². The van der Waals surface area contributed by atoms with Crippen LogP contribution in [0.15, 0.2) is 24.3 Å². The molecule has 2 rings (SSSR count). The Bertz CT molecular complexity index is 430. The van der Waals surface area contributed by atoms with Gasteiger partial charge >= 0.3 is 0 Å². The van der Waals surface area contributed by atoms with Crippen molar-refractivity contribution < 1.29 is 14.3 Å². The Morgan fingerprint density at radius 2 is 2.16 bits per heavy atom. The summed E-state index contributed by atoms with van der Waals surface area (Å²) in [6, 6.07) is 8.14. The highest BCUT2D eigenvalue weighted by atomic mass is 16.5. The molecule has 0 aromatic heterocycles. The van der Waals surface area contributed by atoms with E-state index in [2.05, 4.69) is 5.32 Å². The predicted octanol–water partition coefficient (Wildman–Crippen LogP) is 1.53. The van der Waals surface area contributed by atoms with Gasteiger partial charge in [0.05, 0.1) is 24.8 Å². The van der Waals surface area contributed by atoms with Crippen molar-refractivity contribution in [3.05, 3.63) is 24.3 Å². The summed E-state index contributed by atoms with van der Waals surface area (Å²) >= 11 is 0. The number of benzene rings is 1. The van der Waals surface area contributed by atoms with Crippen LogP contribution in [0.4, 0.5) is 5.69 Å². The van der Waals surface area contributed by atoms with Gasteiger partial charge in [-0.3, -0.25) is 4.79 Å². The smallest absolute Gasteiger partial charge is 0.220 e. The molecule has 0 spiro atoms. The summed E-state index contributed by atoms with van der Waals surface area (Å²) in [4.78, 5) is 10.7. The van der Waals surface area contributed by atoms with Crippen molar-refractivity contribution in [3.8, 4) is 5.75 Å². The summed E-state index contributed by atoms with van der Waals surface area (Å²) in [6.45, 7) is 0.305. The second-order valence-corrected chi connectivity index (χ2v) is 4.73. The van der Waals surface area contributed by atoms with Gasteiger partial charge in [0.15, 0.2) is 0 Å². The molecule has 0 saturated heterocycles. The largest absolute Gasteiger partial charge is 0.491 e. The van der Waals surface area contributed by atoms with E-state index in [9.17, 15) is 4.79 Å². The van der Waals surface area contributed by atoms with Crippen LogP contribution in [0.5, 0.6) is 5.75 Å². The Labute approximate surface area is 113 Å². The molecule has 0 atom stereocenters. The van der Waals surface area contributed by atoms with Crippen LogP contribution in [0.25, 0.3) is 0 Å². The van der Waals surface area contributed by atoms with Crippen molar-refractivity contribution in [1.29, 1.82) is 0 Å². The van der Waals surface area contributed by atoms with Crippen LogP contribution >= 0.6 is 0 Å². The number of carbonyl (C=O) groups excluding carboxylic acids is 1. The monoisotopic (exact) mass is 264 g/mol. The lowest BCUT2D eigenvalue weighted by Crippen LogP contribution is -2.40. The fourth-order valence-electron chi connectivity index (χ4n) is 2.07. The topological polar surface area (TPSA) is 73.6 Å². The zero-order chi connectivity index (χ0) is 13.7.